The van der Waals surface area contributed by atoms with E-state index in [1.165, 1.54) is 17.2 Å². The van der Waals surface area contributed by atoms with Crippen molar-refractivity contribution in [1.29, 1.82) is 0 Å². The fraction of sp³-hybridized carbons (Fsp3) is 0.192. The van der Waals surface area contributed by atoms with Gasteiger partial charge in [0.1, 0.15) is 17.0 Å². The Balaban J connectivity index is 1.48. The summed E-state index contributed by atoms with van der Waals surface area (Å²) in [6.45, 7) is 1.02. The van der Waals surface area contributed by atoms with Gasteiger partial charge in [-0.05, 0) is 23.9 Å². The lowest BCUT2D eigenvalue weighted by Crippen LogP contribution is -2.62. The van der Waals surface area contributed by atoms with E-state index in [-0.39, 0.29) is 28.9 Å². The lowest BCUT2D eigenvalue weighted by atomic mass is 9.94. The molecule has 0 saturated carbocycles. The minimum atomic E-state index is -0.915. The molecule has 1 N–H and O–H groups in total. The average molecular weight is 456 g/mol. The van der Waals surface area contributed by atoms with Crippen LogP contribution in [0.25, 0.3) is 32.9 Å². The number of fused-ring (bicyclic) bond motifs is 3. The summed E-state index contributed by atoms with van der Waals surface area (Å²) in [5, 5.41) is 11.0. The monoisotopic (exact) mass is 456 g/mol. The number of aromatic nitrogens is 2. The highest BCUT2D eigenvalue weighted by Crippen LogP contribution is 2.41. The van der Waals surface area contributed by atoms with Crippen LogP contribution >= 0.6 is 0 Å². The lowest BCUT2D eigenvalue weighted by Gasteiger charge is -2.47. The molecule has 2 aromatic carbocycles. The van der Waals surface area contributed by atoms with Gasteiger partial charge < -0.3 is 14.9 Å². The number of halogens is 2. The Kier molecular flexibility index (Phi) is 4.42. The number of hydrogen-bond acceptors (Lipinski definition) is 4. The number of carboxylic acid groups (broad SMARTS) is 1. The molecular formula is C26H18F2N4O2. The van der Waals surface area contributed by atoms with Crippen LogP contribution in [-0.2, 0) is 0 Å². The molecule has 0 bridgehead atoms. The Morgan fingerprint density at radius 3 is 2.79 bits per heavy atom. The van der Waals surface area contributed by atoms with Crippen molar-refractivity contribution in [3.05, 3.63) is 66.0 Å². The van der Waals surface area contributed by atoms with Gasteiger partial charge in [0.25, 0.3) is 0 Å². The van der Waals surface area contributed by atoms with Crippen molar-refractivity contribution in [2.24, 2.45) is 0 Å². The van der Waals surface area contributed by atoms with Crippen molar-refractivity contribution in [3.63, 3.8) is 0 Å². The van der Waals surface area contributed by atoms with E-state index in [4.69, 9.17) is 6.42 Å². The number of rotatable bonds is 2. The van der Waals surface area contributed by atoms with Crippen LogP contribution in [0.15, 0.2) is 48.8 Å². The van der Waals surface area contributed by atoms with Gasteiger partial charge in [-0.25, -0.2) is 13.6 Å². The molecular weight excluding hydrogens is 438 g/mol. The van der Waals surface area contributed by atoms with Crippen molar-refractivity contribution < 1.29 is 18.7 Å². The van der Waals surface area contributed by atoms with Crippen LogP contribution in [0.1, 0.15) is 12.0 Å². The standard InChI is InChI=1S/C26H18F2N4O2/c1-2-15-18(27)7-6-14-4-3-5-16(22(14)15)24-23(28)25-17(12-30-24)19(8-10-29-25)32-13-21-20(32)9-11-31(21)26(33)34/h1,3-8,10,12,20-21H,9,11,13H2,(H,33,34). The number of amides is 1. The molecule has 4 heterocycles. The minimum Gasteiger partial charge on any atom is -0.465 e. The summed E-state index contributed by atoms with van der Waals surface area (Å²) in [5.74, 6) is 1.22. The van der Waals surface area contributed by atoms with Crippen molar-refractivity contribution in [3.8, 4) is 23.6 Å². The minimum absolute atomic E-state index is 0.0451. The van der Waals surface area contributed by atoms with E-state index in [0.717, 1.165) is 5.69 Å². The third-order valence-corrected chi connectivity index (χ3v) is 6.95. The summed E-state index contributed by atoms with van der Waals surface area (Å²) in [7, 11) is 0. The molecule has 168 valence electrons. The Morgan fingerprint density at radius 1 is 1.15 bits per heavy atom. The van der Waals surface area contributed by atoms with E-state index in [0.29, 0.717) is 41.2 Å². The Hall–Kier alpha value is -4.25. The van der Waals surface area contributed by atoms with E-state index in [1.54, 1.807) is 36.5 Å². The van der Waals surface area contributed by atoms with Crippen LogP contribution in [0.3, 0.4) is 0 Å². The van der Waals surface area contributed by atoms with Gasteiger partial charge in [0.15, 0.2) is 5.82 Å². The molecule has 8 heteroatoms. The number of nitrogens with zero attached hydrogens (tertiary/aromatic N) is 4. The number of terminal acetylenes is 1. The zero-order valence-corrected chi connectivity index (χ0v) is 17.9. The maximum absolute atomic E-state index is 15.8. The fourth-order valence-electron chi connectivity index (χ4n) is 5.33. The van der Waals surface area contributed by atoms with Crippen molar-refractivity contribution >= 4 is 33.5 Å². The Bertz CT molecular complexity index is 1550. The summed E-state index contributed by atoms with van der Waals surface area (Å²) in [5.41, 5.74) is 1.42. The molecule has 2 unspecified atom stereocenters. The molecule has 4 aromatic rings. The van der Waals surface area contributed by atoms with Crippen molar-refractivity contribution in [1.82, 2.24) is 14.9 Å². The van der Waals surface area contributed by atoms with Gasteiger partial charge in [0, 0.05) is 47.5 Å². The number of benzene rings is 2. The van der Waals surface area contributed by atoms with Gasteiger partial charge in [-0.2, -0.15) is 0 Å². The second-order valence-electron chi connectivity index (χ2n) is 8.54. The summed E-state index contributed by atoms with van der Waals surface area (Å²) in [6, 6.07) is 9.89. The molecule has 2 atom stereocenters. The molecule has 0 aliphatic carbocycles. The van der Waals surface area contributed by atoms with E-state index in [9.17, 15) is 14.3 Å². The van der Waals surface area contributed by atoms with Crippen LogP contribution in [0.5, 0.6) is 0 Å². The van der Waals surface area contributed by atoms with Crippen molar-refractivity contribution in [2.45, 2.75) is 18.5 Å². The number of hydrogen-bond donors (Lipinski definition) is 1. The highest BCUT2D eigenvalue weighted by molar-refractivity contribution is 6.02. The van der Waals surface area contributed by atoms with Gasteiger partial charge >= 0.3 is 6.09 Å². The zero-order chi connectivity index (χ0) is 23.6. The Labute approximate surface area is 193 Å². The SMILES string of the molecule is C#Cc1c(F)ccc2cccc(-c3ncc4c(N5CC6C5CCN6C(=O)O)ccnc4c3F)c12. The van der Waals surface area contributed by atoms with Crippen LogP contribution in [-0.4, -0.2) is 51.2 Å². The molecule has 34 heavy (non-hydrogen) atoms. The smallest absolute Gasteiger partial charge is 0.407 e. The van der Waals surface area contributed by atoms with Crippen LogP contribution in [0.2, 0.25) is 0 Å². The fourth-order valence-corrected chi connectivity index (χ4v) is 5.33. The van der Waals surface area contributed by atoms with Crippen LogP contribution in [0.4, 0.5) is 19.3 Å². The molecule has 2 aliphatic rings. The molecule has 6 nitrogen and oxygen atoms in total. The topological polar surface area (TPSA) is 69.6 Å². The normalized spacial score (nSPS) is 19.2. The van der Waals surface area contributed by atoms with E-state index >= 15 is 4.39 Å². The van der Waals surface area contributed by atoms with Crippen LogP contribution < -0.4 is 4.90 Å². The number of likely N-dealkylation sites (tertiary alicyclic amines) is 1. The van der Waals surface area contributed by atoms with Gasteiger partial charge in [0.2, 0.25) is 0 Å². The molecule has 0 spiro atoms. The summed E-state index contributed by atoms with van der Waals surface area (Å²) in [4.78, 5) is 23.7. The van der Waals surface area contributed by atoms with Gasteiger partial charge in [-0.15, -0.1) is 6.42 Å². The quantitative estimate of drug-likeness (QED) is 0.445. The summed E-state index contributed by atoms with van der Waals surface area (Å²) >= 11 is 0. The highest BCUT2D eigenvalue weighted by Gasteiger charge is 2.49. The second-order valence-corrected chi connectivity index (χ2v) is 8.54. The molecule has 6 rings (SSSR count). The third-order valence-electron chi connectivity index (χ3n) is 6.95. The molecule has 2 aliphatic heterocycles. The molecule has 0 radical (unpaired) electrons. The lowest BCUT2D eigenvalue weighted by molar-refractivity contribution is 0.129. The number of anilines is 1. The van der Waals surface area contributed by atoms with E-state index in [2.05, 4.69) is 20.8 Å². The molecule has 2 aromatic heterocycles. The molecule has 2 fully saturated rings. The summed E-state index contributed by atoms with van der Waals surface area (Å²) < 4.78 is 30.3. The van der Waals surface area contributed by atoms with E-state index < -0.39 is 17.7 Å². The maximum Gasteiger partial charge on any atom is 0.407 e. The first-order valence-corrected chi connectivity index (χ1v) is 10.9. The first-order valence-electron chi connectivity index (χ1n) is 10.9. The largest absolute Gasteiger partial charge is 0.465 e. The predicted molar refractivity (Wildman–Crippen MR) is 125 cm³/mol. The Morgan fingerprint density at radius 2 is 2.00 bits per heavy atom. The zero-order valence-electron chi connectivity index (χ0n) is 17.9. The van der Waals surface area contributed by atoms with Gasteiger partial charge in [-0.1, -0.05) is 30.2 Å². The van der Waals surface area contributed by atoms with Crippen molar-refractivity contribution in [2.75, 3.05) is 18.0 Å². The maximum atomic E-state index is 15.8. The molecule has 1 amide bonds. The number of carbonyl (C=O) groups is 1. The first kappa shape index (κ1) is 20.4. The van der Waals surface area contributed by atoms with Gasteiger partial charge in [-0.3, -0.25) is 9.97 Å². The second kappa shape index (κ2) is 7.39. The van der Waals surface area contributed by atoms with E-state index in [1.807, 2.05) is 0 Å². The third kappa shape index (κ3) is 2.76. The van der Waals surface area contributed by atoms with Gasteiger partial charge in [0.05, 0.1) is 17.6 Å². The highest BCUT2D eigenvalue weighted by atomic mass is 19.1. The average Bonchev–Trinajstić information content (AvgIpc) is 3.16. The predicted octanol–water partition coefficient (Wildman–Crippen LogP) is 4.65. The van der Waals surface area contributed by atoms with Crippen LogP contribution in [0, 0.1) is 24.0 Å². The molecule has 2 saturated heterocycles. The summed E-state index contributed by atoms with van der Waals surface area (Å²) in [6.07, 6.45) is 8.48. The first-order chi connectivity index (χ1) is 16.5. The number of pyridine rings is 2.